The fourth-order valence-electron chi connectivity index (χ4n) is 5.47. The lowest BCUT2D eigenvalue weighted by Gasteiger charge is -2.45. The molecule has 0 saturated carbocycles. The van der Waals surface area contributed by atoms with Crippen LogP contribution in [0.15, 0.2) is 67.0 Å². The maximum Gasteiger partial charge on any atom is 0.411 e. The molecule has 9 heteroatoms. The summed E-state index contributed by atoms with van der Waals surface area (Å²) in [6, 6.07) is 17.3. The molecule has 204 valence electrons. The van der Waals surface area contributed by atoms with Crippen LogP contribution in [0.25, 0.3) is 11.1 Å². The molecule has 0 bridgehead atoms. The van der Waals surface area contributed by atoms with Gasteiger partial charge >= 0.3 is 12.1 Å². The lowest BCUT2D eigenvalue weighted by Crippen LogP contribution is -2.51. The molecule has 2 aliphatic heterocycles. The first-order valence-corrected chi connectivity index (χ1v) is 13.3. The van der Waals surface area contributed by atoms with Crippen LogP contribution in [-0.2, 0) is 10.3 Å². The molecule has 2 saturated heterocycles. The molecule has 0 spiro atoms. The molecule has 3 heterocycles. The van der Waals surface area contributed by atoms with Gasteiger partial charge in [-0.15, -0.1) is 0 Å². The predicted molar refractivity (Wildman–Crippen MR) is 148 cm³/mol. The van der Waals surface area contributed by atoms with E-state index in [9.17, 15) is 14.7 Å². The average Bonchev–Trinajstić information content (AvgIpc) is 3.26. The first-order valence-electron chi connectivity index (χ1n) is 13.3. The van der Waals surface area contributed by atoms with Crippen LogP contribution in [0.2, 0.25) is 0 Å². The Balaban J connectivity index is 1.29. The monoisotopic (exact) mass is 529 g/mol. The van der Waals surface area contributed by atoms with Crippen molar-refractivity contribution in [2.45, 2.75) is 50.9 Å². The van der Waals surface area contributed by atoms with Gasteiger partial charge in [0.05, 0.1) is 11.6 Å². The maximum absolute atomic E-state index is 13.3. The minimum Gasteiger partial charge on any atom is -0.438 e. The smallest absolute Gasteiger partial charge is 0.411 e. The van der Waals surface area contributed by atoms with Crippen molar-refractivity contribution in [3.05, 3.63) is 78.1 Å². The third kappa shape index (κ3) is 5.45. The zero-order valence-corrected chi connectivity index (χ0v) is 22.9. The molecule has 3 aromatic rings. The first-order chi connectivity index (χ1) is 18.6. The number of aliphatic hydroxyl groups is 1. The van der Waals surface area contributed by atoms with Crippen LogP contribution in [-0.4, -0.2) is 69.3 Å². The second-order valence-corrected chi connectivity index (χ2v) is 11.1. The van der Waals surface area contributed by atoms with Gasteiger partial charge in [-0.05, 0) is 37.5 Å². The Kier molecular flexibility index (Phi) is 7.03. The van der Waals surface area contributed by atoms with Crippen molar-refractivity contribution in [3.63, 3.8) is 0 Å². The van der Waals surface area contributed by atoms with Gasteiger partial charge in [-0.2, -0.15) is 0 Å². The van der Waals surface area contributed by atoms with Crippen molar-refractivity contribution in [3.8, 4) is 11.1 Å². The summed E-state index contributed by atoms with van der Waals surface area (Å²) in [5.41, 5.74) is 1.78. The molecule has 1 unspecified atom stereocenters. The quantitative estimate of drug-likeness (QED) is 0.464. The number of urea groups is 1. The molecule has 0 aliphatic carbocycles. The van der Waals surface area contributed by atoms with E-state index >= 15 is 0 Å². The van der Waals surface area contributed by atoms with E-state index in [2.05, 4.69) is 9.97 Å². The van der Waals surface area contributed by atoms with Gasteiger partial charge in [0.15, 0.2) is 0 Å². The van der Waals surface area contributed by atoms with Crippen molar-refractivity contribution in [1.82, 2.24) is 19.8 Å². The number of cyclic esters (lactones) is 1. The summed E-state index contributed by atoms with van der Waals surface area (Å²) >= 11 is 0. The Morgan fingerprint density at radius 2 is 1.64 bits per heavy atom. The lowest BCUT2D eigenvalue weighted by molar-refractivity contribution is -0.101. The summed E-state index contributed by atoms with van der Waals surface area (Å²) in [7, 11) is 1.76. The van der Waals surface area contributed by atoms with Gasteiger partial charge < -0.3 is 19.6 Å². The first kappa shape index (κ1) is 26.6. The SMILES string of the molecule is C[C@@H](c1ccc(-c2cnc(N3CCN(C)C3=O)nc2)cc1)N1CCC(CC(C)(C)O)(c2ccccc2)OC1=O. The Bertz CT molecular complexity index is 1320. The number of carbonyl (C=O) groups is 2. The second-order valence-electron chi connectivity index (χ2n) is 11.1. The third-order valence-corrected chi connectivity index (χ3v) is 7.58. The number of aromatic nitrogens is 2. The molecule has 9 nitrogen and oxygen atoms in total. The van der Waals surface area contributed by atoms with Crippen molar-refractivity contribution in [2.75, 3.05) is 31.6 Å². The van der Waals surface area contributed by atoms with Crippen LogP contribution in [0, 0.1) is 0 Å². The largest absolute Gasteiger partial charge is 0.438 e. The summed E-state index contributed by atoms with van der Waals surface area (Å²) < 4.78 is 6.13. The second kappa shape index (κ2) is 10.3. The Labute approximate surface area is 229 Å². The fraction of sp³-hybridized carbons (Fsp3) is 0.400. The van der Waals surface area contributed by atoms with Gasteiger partial charge in [-0.3, -0.25) is 4.90 Å². The van der Waals surface area contributed by atoms with E-state index in [0.29, 0.717) is 38.4 Å². The molecule has 3 amide bonds. The molecular formula is C30H35N5O4. The van der Waals surface area contributed by atoms with Crippen molar-refractivity contribution in [1.29, 1.82) is 0 Å². The number of nitrogens with zero attached hydrogens (tertiary/aromatic N) is 5. The van der Waals surface area contributed by atoms with Crippen molar-refractivity contribution in [2.24, 2.45) is 0 Å². The number of benzene rings is 2. The fourth-order valence-corrected chi connectivity index (χ4v) is 5.47. The van der Waals surface area contributed by atoms with Gasteiger partial charge in [-0.1, -0.05) is 54.6 Å². The van der Waals surface area contributed by atoms with Gasteiger partial charge in [0.2, 0.25) is 5.95 Å². The molecule has 39 heavy (non-hydrogen) atoms. The van der Waals surface area contributed by atoms with E-state index in [1.165, 1.54) is 0 Å². The molecular weight excluding hydrogens is 494 g/mol. The van der Waals surface area contributed by atoms with Crippen LogP contribution < -0.4 is 4.90 Å². The van der Waals surface area contributed by atoms with E-state index in [-0.39, 0.29) is 12.1 Å². The van der Waals surface area contributed by atoms with Crippen molar-refractivity contribution < 1.29 is 19.4 Å². The molecule has 2 fully saturated rings. The normalized spacial score (nSPS) is 20.8. The summed E-state index contributed by atoms with van der Waals surface area (Å²) in [5, 5.41) is 10.6. The molecule has 5 rings (SSSR count). The standard InChI is InChI=1S/C30H35N5O4/c1-21(34-15-14-30(39-28(34)37,20-29(2,3)38)25-8-6-5-7-9-25)22-10-12-23(13-11-22)24-18-31-26(32-19-24)35-17-16-33(4)27(35)36/h5-13,18-19,21,38H,14-17,20H2,1-4H3/t21-,30?/m0/s1. The third-order valence-electron chi connectivity index (χ3n) is 7.58. The van der Waals surface area contributed by atoms with Crippen LogP contribution >= 0.6 is 0 Å². The number of carbonyl (C=O) groups excluding carboxylic acids is 2. The molecule has 0 radical (unpaired) electrons. The summed E-state index contributed by atoms with van der Waals surface area (Å²) in [6.07, 6.45) is 3.95. The highest BCUT2D eigenvalue weighted by Crippen LogP contribution is 2.42. The zero-order chi connectivity index (χ0) is 27.8. The lowest BCUT2D eigenvalue weighted by atomic mass is 9.80. The van der Waals surface area contributed by atoms with Gasteiger partial charge in [-0.25, -0.2) is 19.6 Å². The molecule has 2 aromatic carbocycles. The number of anilines is 1. The maximum atomic E-state index is 13.3. The van der Waals surface area contributed by atoms with Gasteiger partial charge in [0.25, 0.3) is 0 Å². The number of hydrogen-bond acceptors (Lipinski definition) is 6. The minimum absolute atomic E-state index is 0.0987. The van der Waals surface area contributed by atoms with Crippen molar-refractivity contribution >= 4 is 18.1 Å². The number of rotatable bonds is 7. The van der Waals surface area contributed by atoms with Crippen LogP contribution in [0.5, 0.6) is 0 Å². The van der Waals surface area contributed by atoms with Gasteiger partial charge in [0, 0.05) is 57.5 Å². The Hall–Kier alpha value is -3.98. The van der Waals surface area contributed by atoms with E-state index in [1.807, 2.05) is 61.5 Å². The Morgan fingerprint density at radius 1 is 0.974 bits per heavy atom. The molecule has 1 N–H and O–H groups in total. The highest BCUT2D eigenvalue weighted by atomic mass is 16.6. The molecule has 1 aromatic heterocycles. The number of hydrogen-bond donors (Lipinski definition) is 1. The van der Waals surface area contributed by atoms with Crippen LogP contribution in [0.1, 0.15) is 50.8 Å². The van der Waals surface area contributed by atoms with Gasteiger partial charge in [0.1, 0.15) is 5.60 Å². The zero-order valence-electron chi connectivity index (χ0n) is 22.9. The minimum atomic E-state index is -0.998. The summed E-state index contributed by atoms with van der Waals surface area (Å²) in [5.74, 6) is 0.401. The Morgan fingerprint density at radius 3 is 2.21 bits per heavy atom. The molecule has 2 aliphatic rings. The van der Waals surface area contributed by atoms with E-state index in [1.54, 1.807) is 48.0 Å². The van der Waals surface area contributed by atoms with E-state index in [0.717, 1.165) is 22.3 Å². The number of amides is 3. The molecule has 2 atom stereocenters. The average molecular weight is 530 g/mol. The number of likely N-dealkylation sites (N-methyl/N-ethyl adjacent to an activating group) is 1. The highest BCUT2D eigenvalue weighted by molar-refractivity contribution is 5.92. The highest BCUT2D eigenvalue weighted by Gasteiger charge is 2.46. The summed E-state index contributed by atoms with van der Waals surface area (Å²) in [6.45, 7) is 7.21. The summed E-state index contributed by atoms with van der Waals surface area (Å²) in [4.78, 5) is 39.3. The predicted octanol–water partition coefficient (Wildman–Crippen LogP) is 4.98. The van der Waals surface area contributed by atoms with Crippen LogP contribution in [0.4, 0.5) is 15.5 Å². The topological polar surface area (TPSA) is 99.1 Å². The van der Waals surface area contributed by atoms with Crippen LogP contribution in [0.3, 0.4) is 0 Å². The van der Waals surface area contributed by atoms with E-state index < -0.39 is 17.3 Å². The van der Waals surface area contributed by atoms with E-state index in [4.69, 9.17) is 4.74 Å². The number of ether oxygens (including phenoxy) is 1.